The van der Waals surface area contributed by atoms with Crippen LogP contribution in [0.4, 0.5) is 0 Å². The van der Waals surface area contributed by atoms with Crippen LogP contribution in [0, 0.1) is 0 Å². The average molecular weight is 115 g/mol. The second kappa shape index (κ2) is 2.03. The van der Waals surface area contributed by atoms with E-state index >= 15 is 0 Å². The van der Waals surface area contributed by atoms with Crippen LogP contribution in [0.5, 0.6) is 0 Å². The fourth-order valence-corrected chi connectivity index (χ4v) is 0.590. The summed E-state index contributed by atoms with van der Waals surface area (Å²) in [7, 11) is 1.60. The molecule has 0 aromatic carbocycles. The molecule has 1 aliphatic heterocycles. The summed E-state index contributed by atoms with van der Waals surface area (Å²) in [6.45, 7) is 1.95. The molecule has 46 valence electrons. The lowest BCUT2D eigenvalue weighted by molar-refractivity contribution is 0.0991. The first-order chi connectivity index (χ1) is 3.83. The van der Waals surface area contributed by atoms with Gasteiger partial charge in [-0.1, -0.05) is 5.16 Å². The first-order valence-electron chi connectivity index (χ1n) is 2.59. The Hall–Kier alpha value is -0.730. The van der Waals surface area contributed by atoms with Crippen LogP contribution in [0.3, 0.4) is 0 Å². The highest BCUT2D eigenvalue weighted by molar-refractivity contribution is 5.76. The third kappa shape index (κ3) is 0.911. The minimum absolute atomic E-state index is 0.199. The van der Waals surface area contributed by atoms with Crippen LogP contribution in [-0.2, 0) is 9.57 Å². The molecule has 1 rings (SSSR count). The summed E-state index contributed by atoms with van der Waals surface area (Å²) in [4.78, 5) is 4.82. The van der Waals surface area contributed by atoms with Crippen molar-refractivity contribution in [2.75, 3.05) is 7.11 Å². The average Bonchev–Trinajstić information content (AvgIpc) is 2.14. The SMILES string of the molecule is COC1=NOC(C)C1. The molecule has 1 aliphatic rings. The largest absolute Gasteiger partial charge is 0.482 e. The molecule has 3 heteroatoms. The van der Waals surface area contributed by atoms with Gasteiger partial charge in [0.25, 0.3) is 0 Å². The summed E-state index contributed by atoms with van der Waals surface area (Å²) < 4.78 is 4.81. The van der Waals surface area contributed by atoms with E-state index in [9.17, 15) is 0 Å². The van der Waals surface area contributed by atoms with Gasteiger partial charge in [-0.15, -0.1) is 0 Å². The number of oxime groups is 1. The summed E-state index contributed by atoms with van der Waals surface area (Å²) >= 11 is 0. The van der Waals surface area contributed by atoms with Gasteiger partial charge in [0.05, 0.1) is 13.5 Å². The van der Waals surface area contributed by atoms with E-state index in [1.807, 2.05) is 6.92 Å². The monoisotopic (exact) mass is 115 g/mol. The summed E-state index contributed by atoms with van der Waals surface area (Å²) in [5, 5.41) is 3.63. The number of ether oxygens (including phenoxy) is 1. The highest BCUT2D eigenvalue weighted by Crippen LogP contribution is 2.08. The van der Waals surface area contributed by atoms with E-state index in [-0.39, 0.29) is 6.10 Å². The highest BCUT2D eigenvalue weighted by Gasteiger charge is 2.15. The molecule has 8 heavy (non-hydrogen) atoms. The predicted molar refractivity (Wildman–Crippen MR) is 29.6 cm³/mol. The molecule has 0 spiro atoms. The van der Waals surface area contributed by atoms with E-state index < -0.39 is 0 Å². The fourth-order valence-electron chi connectivity index (χ4n) is 0.590. The third-order valence-electron chi connectivity index (χ3n) is 1.03. The van der Waals surface area contributed by atoms with Crippen molar-refractivity contribution in [1.82, 2.24) is 0 Å². The van der Waals surface area contributed by atoms with Crippen LogP contribution >= 0.6 is 0 Å². The number of methoxy groups -OCH3 is 1. The van der Waals surface area contributed by atoms with Gasteiger partial charge in [-0.05, 0) is 6.92 Å². The number of nitrogens with zero attached hydrogens (tertiary/aromatic N) is 1. The third-order valence-corrected chi connectivity index (χ3v) is 1.03. The Balaban J connectivity index is 2.37. The number of rotatable bonds is 0. The number of hydrogen-bond donors (Lipinski definition) is 0. The van der Waals surface area contributed by atoms with Gasteiger partial charge in [-0.25, -0.2) is 0 Å². The zero-order valence-corrected chi connectivity index (χ0v) is 5.05. The van der Waals surface area contributed by atoms with Crippen LogP contribution < -0.4 is 0 Å². The normalized spacial score (nSPS) is 26.8. The lowest BCUT2D eigenvalue weighted by Crippen LogP contribution is -2.02. The fraction of sp³-hybridized carbons (Fsp3) is 0.800. The summed E-state index contributed by atoms with van der Waals surface area (Å²) in [5.41, 5.74) is 0. The van der Waals surface area contributed by atoms with Crippen molar-refractivity contribution in [2.45, 2.75) is 19.4 Å². The van der Waals surface area contributed by atoms with Crippen molar-refractivity contribution in [3.63, 3.8) is 0 Å². The Kier molecular flexibility index (Phi) is 1.37. The van der Waals surface area contributed by atoms with Crippen molar-refractivity contribution in [2.24, 2.45) is 5.16 Å². The smallest absolute Gasteiger partial charge is 0.229 e. The van der Waals surface area contributed by atoms with Gasteiger partial charge in [0.15, 0.2) is 0 Å². The topological polar surface area (TPSA) is 30.8 Å². The molecule has 0 aliphatic carbocycles. The Labute approximate surface area is 48.3 Å². The van der Waals surface area contributed by atoms with Crippen LogP contribution in [0.1, 0.15) is 13.3 Å². The standard InChI is InChI=1S/C5H9NO2/c1-4-3-5(7-2)6-8-4/h4H,3H2,1-2H3. The van der Waals surface area contributed by atoms with Crippen molar-refractivity contribution in [1.29, 1.82) is 0 Å². The maximum Gasteiger partial charge on any atom is 0.229 e. The van der Waals surface area contributed by atoms with E-state index in [1.165, 1.54) is 0 Å². The summed E-state index contributed by atoms with van der Waals surface area (Å²) in [5.74, 6) is 0.692. The molecule has 0 fully saturated rings. The molecule has 0 saturated heterocycles. The van der Waals surface area contributed by atoms with Crippen molar-refractivity contribution < 1.29 is 9.57 Å². The highest BCUT2D eigenvalue weighted by atomic mass is 16.7. The molecule has 0 bridgehead atoms. The molecule has 1 heterocycles. The van der Waals surface area contributed by atoms with Gasteiger partial charge >= 0.3 is 0 Å². The zero-order valence-electron chi connectivity index (χ0n) is 5.05. The van der Waals surface area contributed by atoms with Crippen molar-refractivity contribution >= 4 is 5.90 Å². The Morgan fingerprint density at radius 3 is 2.88 bits per heavy atom. The molecule has 1 unspecified atom stereocenters. The number of hydrogen-bond acceptors (Lipinski definition) is 3. The quantitative estimate of drug-likeness (QED) is 0.466. The van der Waals surface area contributed by atoms with E-state index in [0.717, 1.165) is 6.42 Å². The Bertz CT molecular complexity index is 111. The minimum Gasteiger partial charge on any atom is -0.482 e. The van der Waals surface area contributed by atoms with Gasteiger partial charge in [0.1, 0.15) is 6.10 Å². The maximum absolute atomic E-state index is 4.82. The van der Waals surface area contributed by atoms with Crippen LogP contribution in [0.25, 0.3) is 0 Å². The molecule has 0 amide bonds. The van der Waals surface area contributed by atoms with Crippen LogP contribution in [0.2, 0.25) is 0 Å². The minimum atomic E-state index is 0.199. The molecule has 1 atom stereocenters. The predicted octanol–water partition coefficient (Wildman–Crippen LogP) is 0.755. The molecule has 0 N–H and O–H groups in total. The Morgan fingerprint density at radius 1 is 1.88 bits per heavy atom. The van der Waals surface area contributed by atoms with Crippen LogP contribution in [0.15, 0.2) is 5.16 Å². The Morgan fingerprint density at radius 2 is 2.62 bits per heavy atom. The lowest BCUT2D eigenvalue weighted by Gasteiger charge is -1.94. The second-order valence-electron chi connectivity index (χ2n) is 1.81. The van der Waals surface area contributed by atoms with E-state index in [1.54, 1.807) is 7.11 Å². The molecule has 3 nitrogen and oxygen atoms in total. The van der Waals surface area contributed by atoms with Crippen molar-refractivity contribution in [3.8, 4) is 0 Å². The second-order valence-corrected chi connectivity index (χ2v) is 1.81. The van der Waals surface area contributed by atoms with Crippen LogP contribution in [-0.4, -0.2) is 19.1 Å². The van der Waals surface area contributed by atoms with E-state index in [2.05, 4.69) is 5.16 Å². The molecule has 0 aromatic rings. The van der Waals surface area contributed by atoms with Gasteiger partial charge in [-0.2, -0.15) is 0 Å². The summed E-state index contributed by atoms with van der Waals surface area (Å²) in [6, 6.07) is 0. The molecule has 0 saturated carbocycles. The van der Waals surface area contributed by atoms with Crippen molar-refractivity contribution in [3.05, 3.63) is 0 Å². The van der Waals surface area contributed by atoms with E-state index in [4.69, 9.17) is 9.57 Å². The summed E-state index contributed by atoms with van der Waals surface area (Å²) in [6.07, 6.45) is 1.00. The first kappa shape index (κ1) is 5.41. The van der Waals surface area contributed by atoms with E-state index in [0.29, 0.717) is 5.90 Å². The van der Waals surface area contributed by atoms with Gasteiger partial charge in [0.2, 0.25) is 5.90 Å². The van der Waals surface area contributed by atoms with Gasteiger partial charge < -0.3 is 9.57 Å². The molecule has 0 aromatic heterocycles. The van der Waals surface area contributed by atoms with Gasteiger partial charge in [-0.3, -0.25) is 0 Å². The lowest BCUT2D eigenvalue weighted by atomic mass is 10.3. The molecular formula is C5H9NO2. The zero-order chi connectivity index (χ0) is 5.98. The molecular weight excluding hydrogens is 106 g/mol. The van der Waals surface area contributed by atoms with Gasteiger partial charge in [0, 0.05) is 0 Å². The molecule has 0 radical (unpaired) electrons. The maximum atomic E-state index is 4.82. The first-order valence-corrected chi connectivity index (χ1v) is 2.59.